The highest BCUT2D eigenvalue weighted by Gasteiger charge is 2.57. The molecule has 1 spiro atoms. The monoisotopic (exact) mass is 262 g/mol. The van der Waals surface area contributed by atoms with Crippen molar-refractivity contribution in [2.24, 2.45) is 11.3 Å². The summed E-state index contributed by atoms with van der Waals surface area (Å²) in [5.74, 6) is -0.146. The Bertz CT molecular complexity index is 489. The molecule has 0 aromatic heterocycles. The first-order chi connectivity index (χ1) is 9.09. The number of carbonyl (C=O) groups is 1. The summed E-state index contributed by atoms with van der Waals surface area (Å²) in [6.45, 7) is 3.83. The fourth-order valence-corrected chi connectivity index (χ4v) is 3.23. The Labute approximate surface area is 112 Å². The van der Waals surface area contributed by atoms with Crippen LogP contribution in [0.1, 0.15) is 24.8 Å². The molecule has 1 aromatic carbocycles. The van der Waals surface area contributed by atoms with Gasteiger partial charge in [-0.1, -0.05) is 0 Å². The number of halogens is 1. The van der Waals surface area contributed by atoms with E-state index in [9.17, 15) is 9.18 Å². The summed E-state index contributed by atoms with van der Waals surface area (Å²) in [6, 6.07) is 4.64. The van der Waals surface area contributed by atoms with Gasteiger partial charge in [-0.3, -0.25) is 4.79 Å². The van der Waals surface area contributed by atoms with Crippen molar-refractivity contribution in [2.75, 3.05) is 18.4 Å². The molecule has 3 rings (SSSR count). The Hall–Kier alpha value is -1.42. The quantitative estimate of drug-likeness (QED) is 0.859. The summed E-state index contributed by atoms with van der Waals surface area (Å²) in [6.07, 6.45) is 3.13. The molecule has 0 radical (unpaired) electrons. The van der Waals surface area contributed by atoms with Gasteiger partial charge in [-0.2, -0.15) is 0 Å². The molecule has 1 atom stereocenters. The first-order valence-corrected chi connectivity index (χ1v) is 6.88. The van der Waals surface area contributed by atoms with E-state index in [2.05, 4.69) is 10.6 Å². The van der Waals surface area contributed by atoms with Gasteiger partial charge in [-0.05, 0) is 68.5 Å². The SMILES string of the molecule is Cc1cc(F)cc(NC(=O)C2CC23CCNCC3)c1. The van der Waals surface area contributed by atoms with Gasteiger partial charge in [0.05, 0.1) is 0 Å². The van der Waals surface area contributed by atoms with E-state index in [0.717, 1.165) is 37.9 Å². The lowest BCUT2D eigenvalue weighted by Gasteiger charge is -2.23. The fraction of sp³-hybridized carbons (Fsp3) is 0.533. The summed E-state index contributed by atoms with van der Waals surface area (Å²) >= 11 is 0. The van der Waals surface area contributed by atoms with Crippen LogP contribution >= 0.6 is 0 Å². The number of rotatable bonds is 2. The van der Waals surface area contributed by atoms with E-state index < -0.39 is 0 Å². The lowest BCUT2D eigenvalue weighted by molar-refractivity contribution is -0.118. The predicted molar refractivity (Wildman–Crippen MR) is 72.4 cm³/mol. The molecule has 1 amide bonds. The van der Waals surface area contributed by atoms with E-state index in [0.29, 0.717) is 5.69 Å². The first-order valence-electron chi connectivity index (χ1n) is 6.88. The van der Waals surface area contributed by atoms with Gasteiger partial charge in [0.15, 0.2) is 0 Å². The standard InChI is InChI=1S/C15H19FN2O/c1-10-6-11(16)8-12(7-10)18-14(19)13-9-15(13)2-4-17-5-3-15/h6-8,13,17H,2-5,9H2,1H3,(H,18,19). The minimum absolute atomic E-state index is 0.0481. The molecular weight excluding hydrogens is 243 g/mol. The molecule has 3 nitrogen and oxygen atoms in total. The molecular formula is C15H19FN2O. The smallest absolute Gasteiger partial charge is 0.228 e. The molecule has 19 heavy (non-hydrogen) atoms. The number of nitrogens with one attached hydrogen (secondary N) is 2. The topological polar surface area (TPSA) is 41.1 Å². The first kappa shape index (κ1) is 12.6. The highest BCUT2D eigenvalue weighted by atomic mass is 19.1. The maximum Gasteiger partial charge on any atom is 0.228 e. The number of hydrogen-bond acceptors (Lipinski definition) is 2. The van der Waals surface area contributed by atoms with Crippen LogP contribution in [0.2, 0.25) is 0 Å². The predicted octanol–water partition coefficient (Wildman–Crippen LogP) is 2.46. The molecule has 1 aromatic rings. The Balaban J connectivity index is 1.66. The van der Waals surface area contributed by atoms with Gasteiger partial charge >= 0.3 is 0 Å². The minimum atomic E-state index is -0.303. The number of benzene rings is 1. The second-order valence-corrected chi connectivity index (χ2v) is 5.88. The van der Waals surface area contributed by atoms with Crippen molar-refractivity contribution in [3.63, 3.8) is 0 Å². The zero-order valence-corrected chi connectivity index (χ0v) is 11.1. The van der Waals surface area contributed by atoms with Crippen LogP contribution < -0.4 is 10.6 Å². The number of anilines is 1. The second kappa shape index (κ2) is 4.60. The zero-order valence-electron chi connectivity index (χ0n) is 11.1. The van der Waals surface area contributed by atoms with E-state index in [1.165, 1.54) is 12.1 Å². The van der Waals surface area contributed by atoms with E-state index in [1.54, 1.807) is 6.07 Å². The van der Waals surface area contributed by atoms with Gasteiger partial charge < -0.3 is 10.6 Å². The third-order valence-corrected chi connectivity index (χ3v) is 4.42. The number of piperidine rings is 1. The lowest BCUT2D eigenvalue weighted by Crippen LogP contribution is -2.31. The van der Waals surface area contributed by atoms with Gasteiger partial charge in [-0.25, -0.2) is 4.39 Å². The van der Waals surface area contributed by atoms with Crippen LogP contribution in [0.15, 0.2) is 18.2 Å². The molecule has 1 saturated carbocycles. The summed E-state index contributed by atoms with van der Waals surface area (Å²) in [5.41, 5.74) is 1.61. The molecule has 1 aliphatic heterocycles. The normalized spacial score (nSPS) is 24.2. The van der Waals surface area contributed by atoms with Crippen LogP contribution in [0.25, 0.3) is 0 Å². The van der Waals surface area contributed by atoms with Crippen LogP contribution in [0.3, 0.4) is 0 Å². The minimum Gasteiger partial charge on any atom is -0.326 e. The van der Waals surface area contributed by atoms with Gasteiger partial charge in [0.1, 0.15) is 5.82 Å². The van der Waals surface area contributed by atoms with Gasteiger partial charge in [0.25, 0.3) is 0 Å². The highest BCUT2D eigenvalue weighted by molar-refractivity contribution is 5.95. The molecule has 1 saturated heterocycles. The number of hydrogen-bond donors (Lipinski definition) is 2. The second-order valence-electron chi connectivity index (χ2n) is 5.88. The third kappa shape index (κ3) is 2.50. The Morgan fingerprint density at radius 3 is 2.79 bits per heavy atom. The Kier molecular flexibility index (Phi) is 3.05. The maximum atomic E-state index is 13.3. The average molecular weight is 262 g/mol. The number of carbonyl (C=O) groups excluding carboxylic acids is 1. The summed E-state index contributed by atoms with van der Waals surface area (Å²) in [5, 5.41) is 6.18. The zero-order chi connectivity index (χ0) is 13.5. The van der Waals surface area contributed by atoms with Crippen molar-refractivity contribution in [3.05, 3.63) is 29.6 Å². The van der Waals surface area contributed by atoms with Crippen LogP contribution in [0.5, 0.6) is 0 Å². The van der Waals surface area contributed by atoms with Crippen LogP contribution in [0.4, 0.5) is 10.1 Å². The molecule has 2 aliphatic rings. The van der Waals surface area contributed by atoms with Crippen molar-refractivity contribution in [2.45, 2.75) is 26.2 Å². The van der Waals surface area contributed by atoms with Crippen molar-refractivity contribution >= 4 is 11.6 Å². The van der Waals surface area contributed by atoms with Gasteiger partial charge in [0, 0.05) is 11.6 Å². The average Bonchev–Trinajstić information content (AvgIpc) is 3.02. The van der Waals surface area contributed by atoms with Crippen molar-refractivity contribution in [3.8, 4) is 0 Å². The van der Waals surface area contributed by atoms with E-state index in [1.807, 2.05) is 6.92 Å². The molecule has 1 aliphatic carbocycles. The fourth-order valence-electron chi connectivity index (χ4n) is 3.23. The Morgan fingerprint density at radius 2 is 2.11 bits per heavy atom. The molecule has 2 fully saturated rings. The largest absolute Gasteiger partial charge is 0.326 e. The maximum absolute atomic E-state index is 13.3. The van der Waals surface area contributed by atoms with E-state index in [4.69, 9.17) is 0 Å². The van der Waals surface area contributed by atoms with Crippen molar-refractivity contribution in [1.29, 1.82) is 0 Å². The molecule has 0 bridgehead atoms. The van der Waals surface area contributed by atoms with E-state index in [-0.39, 0.29) is 23.1 Å². The number of aryl methyl sites for hydroxylation is 1. The van der Waals surface area contributed by atoms with Crippen LogP contribution in [-0.4, -0.2) is 19.0 Å². The van der Waals surface area contributed by atoms with Crippen molar-refractivity contribution in [1.82, 2.24) is 5.32 Å². The van der Waals surface area contributed by atoms with Gasteiger partial charge in [-0.15, -0.1) is 0 Å². The molecule has 1 heterocycles. The number of amides is 1. The molecule has 1 unspecified atom stereocenters. The van der Waals surface area contributed by atoms with Gasteiger partial charge in [0.2, 0.25) is 5.91 Å². The van der Waals surface area contributed by atoms with Crippen LogP contribution in [0, 0.1) is 24.1 Å². The highest BCUT2D eigenvalue weighted by Crippen LogP contribution is 2.58. The molecule has 102 valence electrons. The van der Waals surface area contributed by atoms with Crippen LogP contribution in [-0.2, 0) is 4.79 Å². The van der Waals surface area contributed by atoms with E-state index >= 15 is 0 Å². The summed E-state index contributed by atoms with van der Waals surface area (Å²) in [7, 11) is 0. The molecule has 4 heteroatoms. The molecule has 2 N–H and O–H groups in total. The Morgan fingerprint density at radius 1 is 1.37 bits per heavy atom. The third-order valence-electron chi connectivity index (χ3n) is 4.42. The lowest BCUT2D eigenvalue weighted by atomic mass is 9.92. The summed E-state index contributed by atoms with van der Waals surface area (Å²) in [4.78, 5) is 12.2. The summed E-state index contributed by atoms with van der Waals surface area (Å²) < 4.78 is 13.3. The van der Waals surface area contributed by atoms with Crippen molar-refractivity contribution < 1.29 is 9.18 Å².